The van der Waals surface area contributed by atoms with E-state index in [1.165, 1.54) is 24.0 Å². The first-order valence-electron chi connectivity index (χ1n) is 8.42. The number of amides is 1. The van der Waals surface area contributed by atoms with Crippen molar-refractivity contribution < 1.29 is 4.79 Å². The minimum atomic E-state index is 0. The van der Waals surface area contributed by atoms with Gasteiger partial charge in [-0.15, -0.1) is 12.4 Å². The third kappa shape index (κ3) is 4.62. The molecule has 1 aliphatic carbocycles. The zero-order chi connectivity index (χ0) is 15.5. The predicted molar refractivity (Wildman–Crippen MR) is 97.3 cm³/mol. The van der Waals surface area contributed by atoms with Gasteiger partial charge in [0.25, 0.3) is 0 Å². The predicted octanol–water partition coefficient (Wildman–Crippen LogP) is 3.89. The Hall–Kier alpha value is -0.770. The van der Waals surface area contributed by atoms with E-state index in [0.29, 0.717) is 18.3 Å². The summed E-state index contributed by atoms with van der Waals surface area (Å²) in [6, 6.07) is 6.17. The summed E-state index contributed by atoms with van der Waals surface area (Å²) in [5.41, 5.74) is 2.52. The first-order chi connectivity index (χ1) is 10.6. The highest BCUT2D eigenvalue weighted by Crippen LogP contribution is 2.33. The van der Waals surface area contributed by atoms with Crippen molar-refractivity contribution in [1.29, 1.82) is 0 Å². The molecule has 0 spiro atoms. The summed E-state index contributed by atoms with van der Waals surface area (Å²) in [5, 5.41) is 7.44. The van der Waals surface area contributed by atoms with Crippen molar-refractivity contribution in [3.8, 4) is 0 Å². The lowest BCUT2D eigenvalue weighted by Crippen LogP contribution is -2.36. The number of carbonyl (C=O) groups excluding carboxylic acids is 1. The molecule has 1 aromatic carbocycles. The fourth-order valence-corrected chi connectivity index (χ4v) is 4.01. The van der Waals surface area contributed by atoms with Gasteiger partial charge in [0.05, 0.1) is 6.04 Å². The van der Waals surface area contributed by atoms with E-state index in [9.17, 15) is 4.79 Å². The molecular formula is C18H26Cl2N2O. The maximum atomic E-state index is 12.4. The molecule has 3 unspecified atom stereocenters. The van der Waals surface area contributed by atoms with E-state index in [2.05, 4.69) is 23.6 Å². The van der Waals surface area contributed by atoms with Crippen molar-refractivity contribution in [1.82, 2.24) is 10.6 Å². The number of benzene rings is 1. The third-order valence-electron chi connectivity index (χ3n) is 5.17. The average molecular weight is 357 g/mol. The number of aryl methyl sites for hydroxylation is 1. The highest BCUT2D eigenvalue weighted by atomic mass is 35.5. The Kier molecular flexibility index (Phi) is 6.75. The lowest BCUT2D eigenvalue weighted by Gasteiger charge is -2.28. The van der Waals surface area contributed by atoms with Crippen LogP contribution in [0.2, 0.25) is 5.02 Å². The zero-order valence-corrected chi connectivity index (χ0v) is 15.2. The Morgan fingerprint density at radius 3 is 3.00 bits per heavy atom. The van der Waals surface area contributed by atoms with E-state index < -0.39 is 0 Å². The van der Waals surface area contributed by atoms with Crippen LogP contribution in [-0.4, -0.2) is 19.0 Å². The largest absolute Gasteiger partial charge is 0.349 e. The summed E-state index contributed by atoms with van der Waals surface area (Å²) < 4.78 is 0. The molecule has 0 radical (unpaired) electrons. The van der Waals surface area contributed by atoms with E-state index in [1.54, 1.807) is 0 Å². The average Bonchev–Trinajstić information content (AvgIpc) is 2.90. The summed E-state index contributed by atoms with van der Waals surface area (Å²) in [6.07, 6.45) is 5.09. The second kappa shape index (κ2) is 8.36. The van der Waals surface area contributed by atoms with Gasteiger partial charge in [-0.1, -0.05) is 24.6 Å². The molecule has 3 rings (SSSR count). The number of nitrogens with one attached hydrogen (secondary N) is 2. The van der Waals surface area contributed by atoms with Crippen LogP contribution in [-0.2, 0) is 11.2 Å². The quantitative estimate of drug-likeness (QED) is 0.858. The molecule has 0 saturated carbocycles. The van der Waals surface area contributed by atoms with Gasteiger partial charge in [0.2, 0.25) is 5.91 Å². The smallest absolute Gasteiger partial charge is 0.220 e. The number of rotatable bonds is 4. The molecule has 23 heavy (non-hydrogen) atoms. The highest BCUT2D eigenvalue weighted by molar-refractivity contribution is 6.30. The Morgan fingerprint density at radius 2 is 2.26 bits per heavy atom. The van der Waals surface area contributed by atoms with Crippen LogP contribution in [0.15, 0.2) is 18.2 Å². The normalized spacial score (nSPS) is 24.4. The molecule has 1 heterocycles. The highest BCUT2D eigenvalue weighted by Gasteiger charge is 2.26. The van der Waals surface area contributed by atoms with Gasteiger partial charge in [-0.3, -0.25) is 4.79 Å². The van der Waals surface area contributed by atoms with Crippen molar-refractivity contribution in [3.63, 3.8) is 0 Å². The molecule has 1 amide bonds. The van der Waals surface area contributed by atoms with Crippen LogP contribution in [0.4, 0.5) is 0 Å². The van der Waals surface area contributed by atoms with Crippen molar-refractivity contribution >= 4 is 29.9 Å². The molecule has 2 N–H and O–H groups in total. The number of fused-ring (bicyclic) bond motifs is 1. The number of hydrogen-bond donors (Lipinski definition) is 2. The van der Waals surface area contributed by atoms with Crippen LogP contribution in [0.3, 0.4) is 0 Å². The molecule has 0 aromatic heterocycles. The SMILES string of the molecule is CC(CC(=O)NC1CCc2cc(Cl)ccc21)C1CCCNC1.Cl. The Labute approximate surface area is 150 Å². The molecule has 1 fully saturated rings. The number of carbonyl (C=O) groups is 1. The van der Waals surface area contributed by atoms with E-state index in [4.69, 9.17) is 11.6 Å². The van der Waals surface area contributed by atoms with E-state index in [-0.39, 0.29) is 24.4 Å². The second-order valence-corrected chi connectivity index (χ2v) is 7.23. The molecule has 0 bridgehead atoms. The van der Waals surface area contributed by atoms with E-state index in [0.717, 1.165) is 31.0 Å². The van der Waals surface area contributed by atoms with Crippen LogP contribution in [0.25, 0.3) is 0 Å². The van der Waals surface area contributed by atoms with Gasteiger partial charge in [0.15, 0.2) is 0 Å². The standard InChI is InChI=1S/C18H25ClN2O.ClH/c1-12(14-3-2-8-20-11-14)9-18(22)21-17-7-4-13-10-15(19)5-6-16(13)17;/h5-6,10,12,14,17,20H,2-4,7-9,11H2,1H3,(H,21,22);1H. The van der Waals surface area contributed by atoms with Crippen LogP contribution < -0.4 is 10.6 Å². The first kappa shape index (κ1) is 18.6. The van der Waals surface area contributed by atoms with Crippen molar-refractivity contribution in [2.24, 2.45) is 11.8 Å². The van der Waals surface area contributed by atoms with Gasteiger partial charge in [-0.2, -0.15) is 0 Å². The van der Waals surface area contributed by atoms with Crippen LogP contribution in [0, 0.1) is 11.8 Å². The number of hydrogen-bond acceptors (Lipinski definition) is 2. The second-order valence-electron chi connectivity index (χ2n) is 6.79. The van der Waals surface area contributed by atoms with Crippen LogP contribution >= 0.6 is 24.0 Å². The Bertz CT molecular complexity index is 544. The summed E-state index contributed by atoms with van der Waals surface area (Å²) in [5.74, 6) is 1.26. The van der Waals surface area contributed by atoms with Crippen LogP contribution in [0.1, 0.15) is 49.8 Å². The minimum absolute atomic E-state index is 0. The topological polar surface area (TPSA) is 41.1 Å². The minimum Gasteiger partial charge on any atom is -0.349 e. The fraction of sp³-hybridized carbons (Fsp3) is 0.611. The summed E-state index contributed by atoms with van der Waals surface area (Å²) in [6.45, 7) is 4.38. The summed E-state index contributed by atoms with van der Waals surface area (Å²) in [4.78, 5) is 12.4. The summed E-state index contributed by atoms with van der Waals surface area (Å²) in [7, 11) is 0. The third-order valence-corrected chi connectivity index (χ3v) is 5.40. The Balaban J connectivity index is 0.00000192. The molecule has 2 aliphatic rings. The lowest BCUT2D eigenvalue weighted by atomic mass is 9.85. The first-order valence-corrected chi connectivity index (χ1v) is 8.79. The van der Waals surface area contributed by atoms with Gasteiger partial charge in [-0.05, 0) is 73.9 Å². The fourth-order valence-electron chi connectivity index (χ4n) is 3.81. The number of piperidine rings is 1. The molecule has 128 valence electrons. The maximum Gasteiger partial charge on any atom is 0.220 e. The molecule has 1 aliphatic heterocycles. The van der Waals surface area contributed by atoms with Crippen LogP contribution in [0.5, 0.6) is 0 Å². The molecule has 1 saturated heterocycles. The molecular weight excluding hydrogens is 331 g/mol. The molecule has 5 heteroatoms. The van der Waals surface area contributed by atoms with Gasteiger partial charge in [-0.25, -0.2) is 0 Å². The maximum absolute atomic E-state index is 12.4. The van der Waals surface area contributed by atoms with Gasteiger partial charge in [0.1, 0.15) is 0 Å². The molecule has 3 nitrogen and oxygen atoms in total. The van der Waals surface area contributed by atoms with Gasteiger partial charge >= 0.3 is 0 Å². The summed E-state index contributed by atoms with van der Waals surface area (Å²) >= 11 is 6.04. The van der Waals surface area contributed by atoms with Crippen molar-refractivity contribution in [3.05, 3.63) is 34.3 Å². The van der Waals surface area contributed by atoms with Gasteiger partial charge in [0, 0.05) is 11.4 Å². The van der Waals surface area contributed by atoms with E-state index in [1.807, 2.05) is 12.1 Å². The van der Waals surface area contributed by atoms with Crippen molar-refractivity contribution in [2.75, 3.05) is 13.1 Å². The molecule has 3 atom stereocenters. The monoisotopic (exact) mass is 356 g/mol. The zero-order valence-electron chi connectivity index (χ0n) is 13.6. The Morgan fingerprint density at radius 1 is 1.43 bits per heavy atom. The van der Waals surface area contributed by atoms with Gasteiger partial charge < -0.3 is 10.6 Å². The van der Waals surface area contributed by atoms with E-state index >= 15 is 0 Å². The molecule has 1 aromatic rings. The van der Waals surface area contributed by atoms with Crippen molar-refractivity contribution in [2.45, 2.75) is 45.1 Å². The number of halogens is 2. The lowest BCUT2D eigenvalue weighted by molar-refractivity contribution is -0.123.